The minimum atomic E-state index is -0.240. The smallest absolute Gasteiger partial charge is 0.251 e. The van der Waals surface area contributed by atoms with E-state index in [9.17, 15) is 9.59 Å². The lowest BCUT2D eigenvalue weighted by molar-refractivity contribution is -0.143. The zero-order valence-corrected chi connectivity index (χ0v) is 13.1. The van der Waals surface area contributed by atoms with E-state index >= 15 is 0 Å². The summed E-state index contributed by atoms with van der Waals surface area (Å²) in [5.74, 6) is 0.278. The van der Waals surface area contributed by atoms with Gasteiger partial charge in [-0.15, -0.1) is 0 Å². The summed E-state index contributed by atoms with van der Waals surface area (Å²) in [6.45, 7) is 3.57. The SMILES string of the molecule is CN(C)CCNC(=O)C1CCN(C(=O)C2CCCO2)CC1. The van der Waals surface area contributed by atoms with Crippen molar-refractivity contribution < 1.29 is 14.3 Å². The molecule has 2 heterocycles. The predicted octanol–water partition coefficient (Wildman–Crippen LogP) is 0.0818. The molecule has 6 heteroatoms. The Balaban J connectivity index is 1.69. The van der Waals surface area contributed by atoms with Crippen molar-refractivity contribution in [1.82, 2.24) is 15.1 Å². The number of carbonyl (C=O) groups is 2. The number of likely N-dealkylation sites (N-methyl/N-ethyl adjacent to an activating group) is 1. The Labute approximate surface area is 126 Å². The average Bonchev–Trinajstić information content (AvgIpc) is 3.00. The number of carbonyl (C=O) groups excluding carboxylic acids is 2. The van der Waals surface area contributed by atoms with Gasteiger partial charge in [0.25, 0.3) is 5.91 Å². The quantitative estimate of drug-likeness (QED) is 0.781. The van der Waals surface area contributed by atoms with Crippen LogP contribution >= 0.6 is 0 Å². The van der Waals surface area contributed by atoms with Crippen molar-refractivity contribution >= 4 is 11.8 Å². The van der Waals surface area contributed by atoms with Crippen molar-refractivity contribution in [1.29, 1.82) is 0 Å². The second kappa shape index (κ2) is 7.75. The largest absolute Gasteiger partial charge is 0.368 e. The summed E-state index contributed by atoms with van der Waals surface area (Å²) in [7, 11) is 3.97. The van der Waals surface area contributed by atoms with Gasteiger partial charge in [0.2, 0.25) is 5.91 Å². The third-order valence-corrected chi connectivity index (χ3v) is 4.24. The number of amides is 2. The van der Waals surface area contributed by atoms with E-state index in [-0.39, 0.29) is 23.8 Å². The van der Waals surface area contributed by atoms with E-state index in [1.807, 2.05) is 23.9 Å². The lowest BCUT2D eigenvalue weighted by atomic mass is 9.95. The van der Waals surface area contributed by atoms with Crippen molar-refractivity contribution in [2.75, 3.05) is 46.9 Å². The van der Waals surface area contributed by atoms with Crippen molar-refractivity contribution in [3.05, 3.63) is 0 Å². The second-order valence-electron chi connectivity index (χ2n) is 6.20. The summed E-state index contributed by atoms with van der Waals surface area (Å²) < 4.78 is 5.44. The molecule has 0 radical (unpaired) electrons. The maximum Gasteiger partial charge on any atom is 0.251 e. The molecule has 1 N–H and O–H groups in total. The van der Waals surface area contributed by atoms with Gasteiger partial charge < -0.3 is 19.9 Å². The highest BCUT2D eigenvalue weighted by molar-refractivity contribution is 5.82. The monoisotopic (exact) mass is 297 g/mol. The zero-order chi connectivity index (χ0) is 15.2. The van der Waals surface area contributed by atoms with Crippen LogP contribution in [0.4, 0.5) is 0 Å². The fourth-order valence-electron chi connectivity index (χ4n) is 2.89. The molecule has 6 nitrogen and oxygen atoms in total. The van der Waals surface area contributed by atoms with Gasteiger partial charge in [0, 0.05) is 38.7 Å². The Bertz CT molecular complexity index is 359. The molecule has 2 rings (SSSR count). The van der Waals surface area contributed by atoms with Crippen molar-refractivity contribution in [3.63, 3.8) is 0 Å². The molecule has 21 heavy (non-hydrogen) atoms. The Morgan fingerprint density at radius 2 is 1.95 bits per heavy atom. The first kappa shape index (κ1) is 16.2. The van der Waals surface area contributed by atoms with Gasteiger partial charge in [0.1, 0.15) is 6.10 Å². The van der Waals surface area contributed by atoms with Gasteiger partial charge in [-0.3, -0.25) is 9.59 Å². The zero-order valence-electron chi connectivity index (χ0n) is 13.1. The van der Waals surface area contributed by atoms with Crippen LogP contribution in [0.15, 0.2) is 0 Å². The van der Waals surface area contributed by atoms with Crippen LogP contribution in [0.3, 0.4) is 0 Å². The molecule has 0 bridgehead atoms. The molecule has 2 saturated heterocycles. The number of likely N-dealkylation sites (tertiary alicyclic amines) is 1. The third-order valence-electron chi connectivity index (χ3n) is 4.24. The molecule has 0 aliphatic carbocycles. The van der Waals surface area contributed by atoms with Crippen LogP contribution in [-0.4, -0.2) is 74.6 Å². The maximum atomic E-state index is 12.2. The molecule has 1 atom stereocenters. The molecule has 0 saturated carbocycles. The van der Waals surface area contributed by atoms with E-state index in [1.165, 1.54) is 0 Å². The highest BCUT2D eigenvalue weighted by Crippen LogP contribution is 2.21. The topological polar surface area (TPSA) is 61.9 Å². The summed E-state index contributed by atoms with van der Waals surface area (Å²) in [5.41, 5.74) is 0. The molecule has 2 fully saturated rings. The molecule has 0 spiro atoms. The highest BCUT2D eigenvalue weighted by Gasteiger charge is 2.32. The normalized spacial score (nSPS) is 23.6. The number of hydrogen-bond donors (Lipinski definition) is 1. The van der Waals surface area contributed by atoms with E-state index in [0.717, 1.165) is 32.2 Å². The molecule has 2 amide bonds. The van der Waals surface area contributed by atoms with Crippen LogP contribution in [-0.2, 0) is 14.3 Å². The molecule has 2 aliphatic rings. The second-order valence-corrected chi connectivity index (χ2v) is 6.20. The molecule has 2 aliphatic heterocycles. The summed E-state index contributed by atoms with van der Waals surface area (Å²) >= 11 is 0. The molecule has 0 aromatic rings. The molecule has 120 valence electrons. The highest BCUT2D eigenvalue weighted by atomic mass is 16.5. The predicted molar refractivity (Wildman–Crippen MR) is 79.8 cm³/mol. The van der Waals surface area contributed by atoms with Crippen LogP contribution in [0, 0.1) is 5.92 Å². The summed E-state index contributed by atoms with van der Waals surface area (Å²) in [6.07, 6.45) is 3.08. The third kappa shape index (κ3) is 4.68. The lowest BCUT2D eigenvalue weighted by Crippen LogP contribution is -2.46. The average molecular weight is 297 g/mol. The number of hydrogen-bond acceptors (Lipinski definition) is 4. The Hall–Kier alpha value is -1.14. The van der Waals surface area contributed by atoms with Crippen LogP contribution in [0.5, 0.6) is 0 Å². The van der Waals surface area contributed by atoms with Crippen molar-refractivity contribution in [2.24, 2.45) is 5.92 Å². The summed E-state index contributed by atoms with van der Waals surface area (Å²) in [4.78, 5) is 28.2. The fourth-order valence-corrected chi connectivity index (χ4v) is 2.89. The van der Waals surface area contributed by atoms with Crippen molar-refractivity contribution in [3.8, 4) is 0 Å². The minimum absolute atomic E-state index is 0.0423. The first-order chi connectivity index (χ1) is 10.1. The summed E-state index contributed by atoms with van der Waals surface area (Å²) in [6, 6.07) is 0. The molecular formula is C15H27N3O3. The molecule has 0 aromatic heterocycles. The first-order valence-corrected chi connectivity index (χ1v) is 7.90. The van der Waals surface area contributed by atoms with Gasteiger partial charge in [0.05, 0.1) is 0 Å². The molecule has 0 aromatic carbocycles. The Morgan fingerprint density at radius 1 is 1.24 bits per heavy atom. The fraction of sp³-hybridized carbons (Fsp3) is 0.867. The molecular weight excluding hydrogens is 270 g/mol. The van der Waals surface area contributed by atoms with Gasteiger partial charge in [-0.1, -0.05) is 0 Å². The minimum Gasteiger partial charge on any atom is -0.368 e. The maximum absolute atomic E-state index is 12.2. The van der Waals surface area contributed by atoms with E-state index < -0.39 is 0 Å². The number of nitrogens with one attached hydrogen (secondary N) is 1. The van der Waals surface area contributed by atoms with Crippen LogP contribution < -0.4 is 5.32 Å². The first-order valence-electron chi connectivity index (χ1n) is 7.90. The standard InChI is InChI=1S/C15H27N3O3/c1-17(2)10-7-16-14(19)12-5-8-18(9-6-12)15(20)13-4-3-11-21-13/h12-13H,3-11H2,1-2H3,(H,16,19). The van der Waals surface area contributed by atoms with E-state index in [0.29, 0.717) is 26.2 Å². The van der Waals surface area contributed by atoms with Crippen LogP contribution in [0.25, 0.3) is 0 Å². The van der Waals surface area contributed by atoms with Gasteiger partial charge >= 0.3 is 0 Å². The number of ether oxygens (including phenoxy) is 1. The van der Waals surface area contributed by atoms with Gasteiger partial charge in [-0.2, -0.15) is 0 Å². The van der Waals surface area contributed by atoms with Crippen molar-refractivity contribution in [2.45, 2.75) is 31.8 Å². The number of piperidine rings is 1. The Morgan fingerprint density at radius 3 is 2.52 bits per heavy atom. The van der Waals surface area contributed by atoms with E-state index in [2.05, 4.69) is 5.32 Å². The van der Waals surface area contributed by atoms with Crippen LogP contribution in [0.2, 0.25) is 0 Å². The van der Waals surface area contributed by atoms with E-state index in [4.69, 9.17) is 4.74 Å². The van der Waals surface area contributed by atoms with E-state index in [1.54, 1.807) is 0 Å². The van der Waals surface area contributed by atoms with Crippen LogP contribution in [0.1, 0.15) is 25.7 Å². The Kier molecular flexibility index (Phi) is 5.99. The van der Waals surface area contributed by atoms with Gasteiger partial charge in [-0.05, 0) is 39.8 Å². The molecule has 1 unspecified atom stereocenters. The lowest BCUT2D eigenvalue weighted by Gasteiger charge is -2.32. The number of nitrogens with zero attached hydrogens (tertiary/aromatic N) is 2. The van der Waals surface area contributed by atoms with Gasteiger partial charge in [-0.25, -0.2) is 0 Å². The van der Waals surface area contributed by atoms with Gasteiger partial charge in [0.15, 0.2) is 0 Å². The number of rotatable bonds is 5. The summed E-state index contributed by atoms with van der Waals surface area (Å²) in [5, 5.41) is 2.97.